The highest BCUT2D eigenvalue weighted by Crippen LogP contribution is 2.43. The summed E-state index contributed by atoms with van der Waals surface area (Å²) in [6.45, 7) is -0.287. The van der Waals surface area contributed by atoms with E-state index >= 15 is 0 Å². The van der Waals surface area contributed by atoms with E-state index in [2.05, 4.69) is 11.4 Å². The first-order valence-corrected chi connectivity index (χ1v) is 12.3. The van der Waals surface area contributed by atoms with Crippen LogP contribution in [0.25, 0.3) is 0 Å². The molecule has 4 atom stereocenters. The van der Waals surface area contributed by atoms with Crippen molar-refractivity contribution in [2.75, 3.05) is 18.9 Å². The Kier molecular flexibility index (Phi) is 6.11. The number of anilines is 1. The third-order valence-electron chi connectivity index (χ3n) is 7.69. The van der Waals surface area contributed by atoms with E-state index in [9.17, 15) is 28.4 Å². The highest BCUT2D eigenvalue weighted by molar-refractivity contribution is 6.02. The Hall–Kier alpha value is -3.26. The van der Waals surface area contributed by atoms with E-state index in [1.807, 2.05) is 0 Å². The first-order chi connectivity index (χ1) is 17.1. The van der Waals surface area contributed by atoms with Crippen LogP contribution in [0.3, 0.4) is 0 Å². The van der Waals surface area contributed by atoms with E-state index in [1.165, 1.54) is 9.80 Å². The van der Waals surface area contributed by atoms with Crippen molar-refractivity contribution in [2.45, 2.75) is 68.7 Å². The van der Waals surface area contributed by atoms with Gasteiger partial charge in [-0.15, -0.1) is 0 Å². The number of fused-ring (bicyclic) bond motifs is 1. The number of nitrogens with zero attached hydrogens (tertiary/aromatic N) is 3. The van der Waals surface area contributed by atoms with Crippen LogP contribution in [0.4, 0.5) is 14.5 Å². The van der Waals surface area contributed by atoms with E-state index in [4.69, 9.17) is 10.5 Å². The molecule has 2 aliphatic carbocycles. The normalized spacial score (nSPS) is 26.5. The van der Waals surface area contributed by atoms with E-state index < -0.39 is 47.2 Å². The van der Waals surface area contributed by atoms with Gasteiger partial charge in [0.15, 0.2) is 11.6 Å². The number of nitrogens with one attached hydrogen (secondary N) is 1. The number of nitriles is 1. The fourth-order valence-corrected chi connectivity index (χ4v) is 5.21. The number of halogens is 2. The van der Waals surface area contributed by atoms with Gasteiger partial charge >= 0.3 is 0 Å². The molecule has 2 heterocycles. The average Bonchev–Trinajstić information content (AvgIpc) is 3.77. The van der Waals surface area contributed by atoms with Gasteiger partial charge in [0.05, 0.1) is 18.7 Å². The van der Waals surface area contributed by atoms with Gasteiger partial charge in [-0.2, -0.15) is 5.26 Å². The molecule has 2 aliphatic heterocycles. The number of benzene rings is 1. The van der Waals surface area contributed by atoms with Gasteiger partial charge in [0.2, 0.25) is 17.4 Å². The summed E-state index contributed by atoms with van der Waals surface area (Å²) in [5.41, 5.74) is 4.18. The monoisotopic (exact) mass is 501 g/mol. The fourth-order valence-electron chi connectivity index (χ4n) is 5.21. The molecule has 2 saturated carbocycles. The molecule has 2 unspecified atom stereocenters. The second kappa shape index (κ2) is 9.00. The lowest BCUT2D eigenvalue weighted by molar-refractivity contribution is -0.146. The van der Waals surface area contributed by atoms with Crippen LogP contribution in [0.2, 0.25) is 0 Å². The topological polar surface area (TPSA) is 129 Å². The zero-order chi connectivity index (χ0) is 25.8. The number of rotatable bonds is 7. The second-order valence-corrected chi connectivity index (χ2v) is 10.6. The smallest absolute Gasteiger partial charge is 0.270 e. The lowest BCUT2D eigenvalue weighted by atomic mass is 9.97. The van der Waals surface area contributed by atoms with Crippen LogP contribution in [0.1, 0.15) is 44.9 Å². The molecule has 3 amide bonds. The van der Waals surface area contributed by atoms with Crippen LogP contribution in [-0.2, 0) is 14.4 Å². The summed E-state index contributed by atoms with van der Waals surface area (Å²) in [4.78, 5) is 42.5. The van der Waals surface area contributed by atoms with Gasteiger partial charge in [0, 0.05) is 25.6 Å². The van der Waals surface area contributed by atoms with E-state index in [-0.39, 0.29) is 36.2 Å². The van der Waals surface area contributed by atoms with Crippen molar-refractivity contribution in [3.05, 3.63) is 23.8 Å². The van der Waals surface area contributed by atoms with E-state index in [1.54, 1.807) is 7.05 Å². The highest BCUT2D eigenvalue weighted by Gasteiger charge is 2.57. The van der Waals surface area contributed by atoms with Crippen molar-refractivity contribution >= 4 is 23.4 Å². The highest BCUT2D eigenvalue weighted by atomic mass is 19.1. The quantitative estimate of drug-likeness (QED) is 0.587. The van der Waals surface area contributed by atoms with Crippen molar-refractivity contribution in [3.8, 4) is 11.8 Å². The Balaban J connectivity index is 1.39. The molecule has 9 nitrogen and oxygen atoms in total. The summed E-state index contributed by atoms with van der Waals surface area (Å²) in [5.74, 6) is -2.84. The minimum atomic E-state index is -1.68. The average molecular weight is 502 g/mol. The van der Waals surface area contributed by atoms with Gasteiger partial charge < -0.3 is 25.6 Å². The molecule has 0 bridgehead atoms. The standard InChI is InChI=1S/C25H29F2N5O4/c1-31(22(33)18(29)6-13-2-3-13)19(7-14-4-5-14)23(34)32-12-25(10-16(32)11-28)24(35)30-21-17(27)8-15(26)9-20(21)36-25/h8-9,13-14,16,18-19H,2-7,10,12,29H2,1H3,(H,30,35)/t16-,18?,19?,25+/m0/s1. The molecular weight excluding hydrogens is 472 g/mol. The number of carbonyl (C=O) groups excluding carboxylic acids is 3. The van der Waals surface area contributed by atoms with Crippen molar-refractivity contribution in [2.24, 2.45) is 17.6 Å². The predicted molar refractivity (Wildman–Crippen MR) is 123 cm³/mol. The Bertz CT molecular complexity index is 1150. The van der Waals surface area contributed by atoms with Crippen LogP contribution in [0.15, 0.2) is 12.1 Å². The molecule has 192 valence electrons. The molecule has 1 aromatic rings. The molecule has 1 aromatic carbocycles. The molecular formula is C25H29F2N5O4. The van der Waals surface area contributed by atoms with Crippen molar-refractivity contribution < 1.29 is 27.9 Å². The van der Waals surface area contributed by atoms with Gasteiger partial charge in [-0.3, -0.25) is 14.4 Å². The molecule has 3 fully saturated rings. The Morgan fingerprint density at radius 1 is 1.28 bits per heavy atom. The third-order valence-corrected chi connectivity index (χ3v) is 7.69. The van der Waals surface area contributed by atoms with Crippen molar-refractivity contribution in [3.63, 3.8) is 0 Å². The molecule has 0 aromatic heterocycles. The van der Waals surface area contributed by atoms with Crippen LogP contribution >= 0.6 is 0 Å². The first kappa shape index (κ1) is 24.4. The van der Waals surface area contributed by atoms with E-state index in [0.717, 1.165) is 31.7 Å². The van der Waals surface area contributed by atoms with Crippen molar-refractivity contribution in [1.29, 1.82) is 5.26 Å². The van der Waals surface area contributed by atoms with Crippen LogP contribution in [-0.4, -0.2) is 64.8 Å². The molecule has 11 heteroatoms. The fraction of sp³-hybridized carbons (Fsp3) is 0.600. The Morgan fingerprint density at radius 2 is 1.94 bits per heavy atom. The number of likely N-dealkylation sites (tertiary alicyclic amines) is 1. The minimum Gasteiger partial charge on any atom is -0.473 e. The SMILES string of the molecule is CN(C(=O)C(N)CC1CC1)C(CC1CC1)C(=O)N1C[C@@]2(C[C@H]1C#N)Oc1cc(F)cc(F)c1NC2=O. The number of likely N-dealkylation sites (N-methyl/N-ethyl adjacent to an activating group) is 1. The summed E-state index contributed by atoms with van der Waals surface area (Å²) < 4.78 is 33.8. The Morgan fingerprint density at radius 3 is 2.58 bits per heavy atom. The summed E-state index contributed by atoms with van der Waals surface area (Å²) in [6.07, 6.45) is 4.83. The van der Waals surface area contributed by atoms with Crippen LogP contribution in [0.5, 0.6) is 5.75 Å². The maximum absolute atomic E-state index is 14.2. The number of hydrogen-bond donors (Lipinski definition) is 2. The van der Waals surface area contributed by atoms with Crippen molar-refractivity contribution in [1.82, 2.24) is 9.80 Å². The maximum Gasteiger partial charge on any atom is 0.270 e. The van der Waals surface area contributed by atoms with Gasteiger partial charge in [0.25, 0.3) is 5.91 Å². The van der Waals surface area contributed by atoms with Gasteiger partial charge in [0.1, 0.15) is 23.6 Å². The van der Waals surface area contributed by atoms with Crippen LogP contribution < -0.4 is 15.8 Å². The number of hydrogen-bond acceptors (Lipinski definition) is 6. The summed E-state index contributed by atoms with van der Waals surface area (Å²) in [7, 11) is 1.55. The molecule has 5 rings (SSSR count). The van der Waals surface area contributed by atoms with Crippen LogP contribution in [0, 0.1) is 34.8 Å². The molecule has 0 radical (unpaired) electrons. The zero-order valence-electron chi connectivity index (χ0n) is 20.0. The lowest BCUT2D eigenvalue weighted by Gasteiger charge is -2.35. The first-order valence-electron chi connectivity index (χ1n) is 12.3. The second-order valence-electron chi connectivity index (χ2n) is 10.6. The summed E-state index contributed by atoms with van der Waals surface area (Å²) >= 11 is 0. The minimum absolute atomic E-state index is 0.173. The largest absolute Gasteiger partial charge is 0.473 e. The van der Waals surface area contributed by atoms with Gasteiger partial charge in [-0.25, -0.2) is 8.78 Å². The molecule has 4 aliphatic rings. The Labute approximate surface area is 207 Å². The molecule has 3 N–H and O–H groups in total. The molecule has 36 heavy (non-hydrogen) atoms. The maximum atomic E-state index is 14.2. The number of amides is 3. The molecule has 1 saturated heterocycles. The predicted octanol–water partition coefficient (Wildman–Crippen LogP) is 1.91. The van der Waals surface area contributed by atoms with Gasteiger partial charge in [-0.05, 0) is 24.7 Å². The lowest BCUT2D eigenvalue weighted by Crippen LogP contribution is -2.56. The number of nitrogens with two attached hydrogens (primary N) is 1. The van der Waals surface area contributed by atoms with E-state index in [0.29, 0.717) is 24.8 Å². The molecule has 1 spiro atoms. The van der Waals surface area contributed by atoms with Gasteiger partial charge in [-0.1, -0.05) is 25.7 Å². The number of ether oxygens (including phenoxy) is 1. The summed E-state index contributed by atoms with van der Waals surface area (Å²) in [5, 5.41) is 12.2. The number of carbonyl (C=O) groups is 3. The zero-order valence-corrected chi connectivity index (χ0v) is 20.0. The summed E-state index contributed by atoms with van der Waals surface area (Å²) in [6, 6.07) is 1.07. The third kappa shape index (κ3) is 4.50.